The first-order chi connectivity index (χ1) is 13.4. The van der Waals surface area contributed by atoms with Crippen molar-refractivity contribution >= 4 is 17.7 Å². The van der Waals surface area contributed by atoms with Gasteiger partial charge in [-0.2, -0.15) is 0 Å². The third-order valence-corrected chi connectivity index (χ3v) is 4.30. The van der Waals surface area contributed by atoms with Crippen molar-refractivity contribution < 1.29 is 24.0 Å². The van der Waals surface area contributed by atoms with Gasteiger partial charge in [-0.05, 0) is 19.4 Å². The number of ketones is 1. The first-order valence-corrected chi connectivity index (χ1v) is 9.43. The first-order valence-electron chi connectivity index (χ1n) is 9.43. The van der Waals surface area contributed by atoms with Gasteiger partial charge in [0.05, 0.1) is 32.8 Å². The summed E-state index contributed by atoms with van der Waals surface area (Å²) in [5, 5.41) is 2.66. The van der Waals surface area contributed by atoms with Gasteiger partial charge >= 0.3 is 5.97 Å². The van der Waals surface area contributed by atoms with E-state index in [1.54, 1.807) is 26.0 Å². The Balaban J connectivity index is 2.35. The lowest BCUT2D eigenvalue weighted by atomic mass is 9.98. The molecule has 0 radical (unpaired) electrons. The smallest absolute Gasteiger partial charge is 0.340 e. The molecular formula is C21H28N3O4+. The summed E-state index contributed by atoms with van der Waals surface area (Å²) in [5.74, 6) is -1.92. The molecule has 0 aliphatic rings. The molecule has 1 amide bonds. The maximum atomic E-state index is 12.8. The van der Waals surface area contributed by atoms with E-state index in [0.29, 0.717) is 23.4 Å². The Labute approximate surface area is 165 Å². The fourth-order valence-electron chi connectivity index (χ4n) is 2.98. The van der Waals surface area contributed by atoms with Crippen LogP contribution in [0.3, 0.4) is 0 Å². The molecule has 1 heterocycles. The summed E-state index contributed by atoms with van der Waals surface area (Å²) < 4.78 is 5.15. The van der Waals surface area contributed by atoms with E-state index in [1.807, 2.05) is 32.3 Å². The Kier molecular flexibility index (Phi) is 7.52. The summed E-state index contributed by atoms with van der Waals surface area (Å²) >= 11 is 0. The molecular weight excluding hydrogens is 358 g/mol. The lowest BCUT2D eigenvalue weighted by Gasteiger charge is -2.09. The third-order valence-electron chi connectivity index (χ3n) is 4.30. The molecule has 0 saturated carbocycles. The maximum Gasteiger partial charge on any atom is 0.340 e. The zero-order chi connectivity index (χ0) is 20.7. The highest BCUT2D eigenvalue weighted by Crippen LogP contribution is 2.31. The van der Waals surface area contributed by atoms with Crippen molar-refractivity contribution in [3.8, 4) is 11.1 Å². The van der Waals surface area contributed by atoms with Crippen LogP contribution in [0.5, 0.6) is 0 Å². The van der Waals surface area contributed by atoms with Crippen LogP contribution in [-0.2, 0) is 9.53 Å². The van der Waals surface area contributed by atoms with E-state index in [-0.39, 0.29) is 17.9 Å². The van der Waals surface area contributed by atoms with Gasteiger partial charge in [0.15, 0.2) is 0 Å². The van der Waals surface area contributed by atoms with Crippen LogP contribution >= 0.6 is 0 Å². The number of rotatable bonds is 9. The van der Waals surface area contributed by atoms with E-state index >= 15 is 0 Å². The fourth-order valence-corrected chi connectivity index (χ4v) is 2.98. The van der Waals surface area contributed by atoms with Crippen molar-refractivity contribution in [2.75, 3.05) is 33.8 Å². The summed E-state index contributed by atoms with van der Waals surface area (Å²) in [6.45, 7) is 4.93. The number of hydrogen-bond donors (Lipinski definition) is 3. The second-order valence-electron chi connectivity index (χ2n) is 6.86. The van der Waals surface area contributed by atoms with E-state index in [9.17, 15) is 14.4 Å². The second-order valence-corrected chi connectivity index (χ2v) is 6.86. The molecule has 0 atom stereocenters. The van der Waals surface area contributed by atoms with E-state index < -0.39 is 17.7 Å². The monoisotopic (exact) mass is 386 g/mol. The van der Waals surface area contributed by atoms with Crippen LogP contribution in [0, 0.1) is 6.92 Å². The number of Topliss-reactive ketones (excluding diaryl/α,β-unsaturated/α-hetero) is 1. The minimum absolute atomic E-state index is 0.0995. The van der Waals surface area contributed by atoms with Crippen LogP contribution in [0.25, 0.3) is 11.1 Å². The van der Waals surface area contributed by atoms with Crippen molar-refractivity contribution in [2.24, 2.45) is 0 Å². The zero-order valence-corrected chi connectivity index (χ0v) is 16.8. The number of ether oxygens (including phenoxy) is 1. The normalized spacial score (nSPS) is 10.8. The van der Waals surface area contributed by atoms with Crippen molar-refractivity contribution in [3.63, 3.8) is 0 Å². The Morgan fingerprint density at radius 3 is 2.43 bits per heavy atom. The lowest BCUT2D eigenvalue weighted by molar-refractivity contribution is -0.858. The average Bonchev–Trinajstić information content (AvgIpc) is 3.02. The topological polar surface area (TPSA) is 92.7 Å². The standard InChI is InChI=1S/C21H27N3O4/c1-5-28-21(27)16-14(2)23-18(17(16)15-10-7-6-8-11-15)19(25)20(26)22-12-9-13-24(3)4/h6-8,10-11,23H,5,9,12-13H2,1-4H3,(H,22,26)/p+1. The Morgan fingerprint density at radius 1 is 1.14 bits per heavy atom. The van der Waals surface area contributed by atoms with Crippen LogP contribution in [0.4, 0.5) is 0 Å². The molecule has 7 heteroatoms. The van der Waals surface area contributed by atoms with Crippen LogP contribution in [0.15, 0.2) is 30.3 Å². The number of amides is 1. The number of carbonyl (C=O) groups excluding carboxylic acids is 3. The lowest BCUT2D eigenvalue weighted by Crippen LogP contribution is -3.05. The molecule has 1 aromatic heterocycles. The Hall–Kier alpha value is -2.93. The predicted octanol–water partition coefficient (Wildman–Crippen LogP) is 1.00. The molecule has 7 nitrogen and oxygen atoms in total. The van der Waals surface area contributed by atoms with Gasteiger partial charge in [0, 0.05) is 24.2 Å². The van der Waals surface area contributed by atoms with Crippen molar-refractivity contribution in [1.82, 2.24) is 10.3 Å². The number of esters is 1. The van der Waals surface area contributed by atoms with Gasteiger partial charge in [0.2, 0.25) is 0 Å². The molecule has 0 saturated heterocycles. The number of H-pyrrole nitrogens is 1. The number of nitrogens with one attached hydrogen (secondary N) is 3. The molecule has 0 fully saturated rings. The maximum absolute atomic E-state index is 12.8. The van der Waals surface area contributed by atoms with Crippen LogP contribution in [0.1, 0.15) is 39.9 Å². The zero-order valence-electron chi connectivity index (χ0n) is 16.8. The van der Waals surface area contributed by atoms with Crippen LogP contribution < -0.4 is 10.2 Å². The molecule has 0 spiro atoms. The number of quaternary nitrogens is 1. The first kappa shape index (κ1) is 21.4. The van der Waals surface area contributed by atoms with Crippen LogP contribution in [-0.4, -0.2) is 56.4 Å². The van der Waals surface area contributed by atoms with Gasteiger partial charge in [-0.3, -0.25) is 9.59 Å². The van der Waals surface area contributed by atoms with E-state index in [1.165, 1.54) is 4.90 Å². The van der Waals surface area contributed by atoms with Gasteiger partial charge in [0.25, 0.3) is 11.7 Å². The summed E-state index contributed by atoms with van der Waals surface area (Å²) in [6.07, 6.45) is 0.769. The highest BCUT2D eigenvalue weighted by atomic mass is 16.5. The van der Waals surface area contributed by atoms with Gasteiger partial charge < -0.3 is 19.9 Å². The van der Waals surface area contributed by atoms with Gasteiger partial charge in [-0.15, -0.1) is 0 Å². The Morgan fingerprint density at radius 2 is 1.82 bits per heavy atom. The summed E-state index contributed by atoms with van der Waals surface area (Å²) in [6, 6.07) is 9.04. The molecule has 0 unspecified atom stereocenters. The number of aromatic amines is 1. The van der Waals surface area contributed by atoms with Crippen molar-refractivity contribution in [3.05, 3.63) is 47.3 Å². The molecule has 150 valence electrons. The molecule has 0 aliphatic heterocycles. The number of hydrogen-bond acceptors (Lipinski definition) is 4. The van der Waals surface area contributed by atoms with Gasteiger partial charge in [-0.25, -0.2) is 4.79 Å². The molecule has 28 heavy (non-hydrogen) atoms. The fraction of sp³-hybridized carbons (Fsp3) is 0.381. The van der Waals surface area contributed by atoms with E-state index in [2.05, 4.69) is 10.3 Å². The van der Waals surface area contributed by atoms with Crippen LogP contribution in [0.2, 0.25) is 0 Å². The van der Waals surface area contributed by atoms with Gasteiger partial charge in [0.1, 0.15) is 5.69 Å². The summed E-state index contributed by atoms with van der Waals surface area (Å²) in [4.78, 5) is 41.9. The SMILES string of the molecule is CCOC(=O)c1c(C)[nH]c(C(=O)C(=O)NCCC[NH+](C)C)c1-c1ccccc1. The van der Waals surface area contributed by atoms with E-state index in [4.69, 9.17) is 4.74 Å². The highest BCUT2D eigenvalue weighted by Gasteiger charge is 2.29. The largest absolute Gasteiger partial charge is 0.462 e. The molecule has 3 N–H and O–H groups in total. The predicted molar refractivity (Wildman–Crippen MR) is 107 cm³/mol. The second kappa shape index (κ2) is 9.85. The Bertz CT molecular complexity index is 841. The minimum atomic E-state index is -0.699. The quantitative estimate of drug-likeness (QED) is 0.259. The van der Waals surface area contributed by atoms with Crippen molar-refractivity contribution in [1.29, 1.82) is 0 Å². The molecule has 1 aromatic carbocycles. The summed E-state index contributed by atoms with van der Waals surface area (Å²) in [5.41, 5.74) is 1.93. The number of aryl methyl sites for hydroxylation is 1. The molecule has 0 bridgehead atoms. The molecule has 2 rings (SSSR count). The molecule has 0 aliphatic carbocycles. The third kappa shape index (κ3) is 5.07. The van der Waals surface area contributed by atoms with Gasteiger partial charge in [-0.1, -0.05) is 30.3 Å². The number of aromatic nitrogens is 1. The highest BCUT2D eigenvalue weighted by molar-refractivity contribution is 6.43. The number of carbonyl (C=O) groups is 3. The number of benzene rings is 1. The van der Waals surface area contributed by atoms with E-state index in [0.717, 1.165) is 13.0 Å². The average molecular weight is 386 g/mol. The summed E-state index contributed by atoms with van der Waals surface area (Å²) in [7, 11) is 4.05. The minimum Gasteiger partial charge on any atom is -0.462 e. The van der Waals surface area contributed by atoms with Crippen molar-refractivity contribution in [2.45, 2.75) is 20.3 Å². The molecule has 2 aromatic rings.